The Morgan fingerprint density at radius 3 is 2.93 bits per heavy atom. The van der Waals surface area contributed by atoms with Gasteiger partial charge in [-0.15, -0.1) is 0 Å². The molecule has 6 nitrogen and oxygen atoms in total. The number of piperidine rings is 1. The minimum atomic E-state index is -0.0981. The van der Waals surface area contributed by atoms with Crippen LogP contribution in [0.4, 0.5) is 0 Å². The maximum absolute atomic E-state index is 12.7. The quantitative estimate of drug-likeness (QED) is 0.718. The highest BCUT2D eigenvalue weighted by molar-refractivity contribution is 5.93. The molecule has 3 heterocycles. The molecule has 1 saturated heterocycles. The van der Waals surface area contributed by atoms with E-state index in [1.54, 1.807) is 6.20 Å². The van der Waals surface area contributed by atoms with Crippen LogP contribution in [0.1, 0.15) is 34.5 Å². The van der Waals surface area contributed by atoms with Gasteiger partial charge in [-0.25, -0.2) is 0 Å². The summed E-state index contributed by atoms with van der Waals surface area (Å²) in [7, 11) is 0. The lowest BCUT2D eigenvalue weighted by Gasteiger charge is -2.33. The smallest absolute Gasteiger partial charge is 0.269 e. The van der Waals surface area contributed by atoms with Crippen LogP contribution in [0.3, 0.4) is 0 Å². The monoisotopic (exact) mass is 375 g/mol. The Labute approximate surface area is 165 Å². The maximum atomic E-state index is 12.7. The molecule has 0 bridgehead atoms. The largest absolute Gasteiger partial charge is 0.347 e. The number of amides is 1. The van der Waals surface area contributed by atoms with Gasteiger partial charge in [-0.3, -0.25) is 19.8 Å². The molecule has 0 spiro atoms. The van der Waals surface area contributed by atoms with Crippen LogP contribution in [0.15, 0.2) is 54.9 Å². The summed E-state index contributed by atoms with van der Waals surface area (Å²) in [4.78, 5) is 19.2. The van der Waals surface area contributed by atoms with Gasteiger partial charge in [0.15, 0.2) is 0 Å². The van der Waals surface area contributed by atoms with Crippen LogP contribution >= 0.6 is 0 Å². The average molecular weight is 375 g/mol. The first-order chi connectivity index (χ1) is 13.7. The van der Waals surface area contributed by atoms with Gasteiger partial charge in [-0.05, 0) is 44.0 Å². The molecule has 0 saturated carbocycles. The summed E-state index contributed by atoms with van der Waals surface area (Å²) in [6.45, 7) is 4.80. The summed E-state index contributed by atoms with van der Waals surface area (Å²) in [6, 6.07) is 14.1. The van der Waals surface area contributed by atoms with Crippen molar-refractivity contribution < 1.29 is 4.79 Å². The van der Waals surface area contributed by atoms with Gasteiger partial charge in [0.1, 0.15) is 5.69 Å². The van der Waals surface area contributed by atoms with E-state index in [1.807, 2.05) is 42.6 Å². The number of pyridine rings is 1. The van der Waals surface area contributed by atoms with E-state index in [0.717, 1.165) is 43.7 Å². The summed E-state index contributed by atoms with van der Waals surface area (Å²) in [5.74, 6) is -0.0981. The fraction of sp³-hybridized carbons (Fsp3) is 0.318. The first-order valence-electron chi connectivity index (χ1n) is 9.72. The lowest BCUT2D eigenvalue weighted by molar-refractivity contribution is 0.0895. The second-order valence-corrected chi connectivity index (χ2v) is 7.44. The summed E-state index contributed by atoms with van der Waals surface area (Å²) in [5.41, 5.74) is 4.68. The SMILES string of the molecule is Cc1ccc(-c2cc(C(=O)NC3CCCN(Cc4cccnc4)C3)[nH]n2)cc1. The van der Waals surface area contributed by atoms with Crippen LogP contribution in [0, 0.1) is 6.92 Å². The zero-order valence-corrected chi connectivity index (χ0v) is 16.1. The molecule has 4 rings (SSSR count). The Bertz CT molecular complexity index is 920. The zero-order chi connectivity index (χ0) is 19.3. The van der Waals surface area contributed by atoms with Gasteiger partial charge >= 0.3 is 0 Å². The summed E-state index contributed by atoms with van der Waals surface area (Å²) in [6.07, 6.45) is 5.76. The van der Waals surface area contributed by atoms with Crippen LogP contribution in [-0.4, -0.2) is 45.1 Å². The lowest BCUT2D eigenvalue weighted by atomic mass is 10.0. The number of benzene rings is 1. The number of aromatic nitrogens is 3. The standard InChI is InChI=1S/C22H25N5O/c1-16-6-8-18(9-7-16)20-12-21(26-25-20)22(28)24-19-5-3-11-27(15-19)14-17-4-2-10-23-13-17/h2,4,6-10,12-13,19H,3,5,11,14-15H2,1H3,(H,24,28)(H,25,26). The van der Waals surface area contributed by atoms with Gasteiger partial charge in [0.05, 0.1) is 5.69 Å². The number of likely N-dealkylation sites (tertiary alicyclic amines) is 1. The van der Waals surface area contributed by atoms with Gasteiger partial charge in [0.2, 0.25) is 0 Å². The van der Waals surface area contributed by atoms with Gasteiger partial charge < -0.3 is 5.32 Å². The van der Waals surface area contributed by atoms with E-state index in [-0.39, 0.29) is 11.9 Å². The molecule has 1 aliphatic rings. The van der Waals surface area contributed by atoms with E-state index >= 15 is 0 Å². The third-order valence-electron chi connectivity index (χ3n) is 5.14. The number of aromatic amines is 1. The third-order valence-corrected chi connectivity index (χ3v) is 5.14. The number of carbonyl (C=O) groups excluding carboxylic acids is 1. The highest BCUT2D eigenvalue weighted by Crippen LogP contribution is 2.19. The van der Waals surface area contributed by atoms with E-state index in [0.29, 0.717) is 5.69 Å². The Morgan fingerprint density at radius 2 is 2.14 bits per heavy atom. The number of aryl methyl sites for hydroxylation is 1. The van der Waals surface area contributed by atoms with Crippen LogP contribution in [-0.2, 0) is 6.54 Å². The number of rotatable bonds is 5. The van der Waals surface area contributed by atoms with Crippen LogP contribution in [0.5, 0.6) is 0 Å². The highest BCUT2D eigenvalue weighted by atomic mass is 16.2. The molecule has 2 aromatic heterocycles. The minimum absolute atomic E-state index is 0.0981. The Morgan fingerprint density at radius 1 is 1.29 bits per heavy atom. The molecule has 2 N–H and O–H groups in total. The van der Waals surface area contributed by atoms with E-state index in [4.69, 9.17) is 0 Å². The van der Waals surface area contributed by atoms with Crippen LogP contribution in [0.2, 0.25) is 0 Å². The molecule has 1 unspecified atom stereocenters. The normalized spacial score (nSPS) is 17.4. The highest BCUT2D eigenvalue weighted by Gasteiger charge is 2.22. The fourth-order valence-electron chi connectivity index (χ4n) is 3.64. The van der Waals surface area contributed by atoms with E-state index in [2.05, 4.69) is 38.4 Å². The summed E-state index contributed by atoms with van der Waals surface area (Å²) >= 11 is 0. The van der Waals surface area contributed by atoms with E-state index in [9.17, 15) is 4.79 Å². The first-order valence-corrected chi connectivity index (χ1v) is 9.72. The van der Waals surface area contributed by atoms with Crippen LogP contribution in [0.25, 0.3) is 11.3 Å². The summed E-state index contributed by atoms with van der Waals surface area (Å²) in [5, 5.41) is 10.3. The molecular formula is C22H25N5O. The van der Waals surface area contributed by atoms with Crippen molar-refractivity contribution in [3.63, 3.8) is 0 Å². The maximum Gasteiger partial charge on any atom is 0.269 e. The minimum Gasteiger partial charge on any atom is -0.347 e. The molecule has 0 aliphatic carbocycles. The predicted octanol–water partition coefficient (Wildman–Crippen LogP) is 3.17. The lowest BCUT2D eigenvalue weighted by Crippen LogP contribution is -2.47. The van der Waals surface area contributed by atoms with Crippen molar-refractivity contribution in [1.82, 2.24) is 25.4 Å². The Balaban J connectivity index is 1.36. The molecule has 28 heavy (non-hydrogen) atoms. The number of hydrogen-bond acceptors (Lipinski definition) is 4. The van der Waals surface area contributed by atoms with Crippen molar-refractivity contribution in [3.05, 3.63) is 71.7 Å². The molecule has 3 aromatic rings. The number of nitrogens with zero attached hydrogens (tertiary/aromatic N) is 3. The molecule has 1 atom stereocenters. The van der Waals surface area contributed by atoms with E-state index < -0.39 is 0 Å². The van der Waals surface area contributed by atoms with Crippen molar-refractivity contribution in [2.45, 2.75) is 32.4 Å². The van der Waals surface area contributed by atoms with Gasteiger partial charge in [0.25, 0.3) is 5.91 Å². The second kappa shape index (κ2) is 8.35. The number of H-pyrrole nitrogens is 1. The van der Waals surface area contributed by atoms with Gasteiger partial charge in [0, 0.05) is 37.1 Å². The first kappa shape index (κ1) is 18.4. The van der Waals surface area contributed by atoms with Crippen molar-refractivity contribution in [1.29, 1.82) is 0 Å². The number of hydrogen-bond donors (Lipinski definition) is 2. The zero-order valence-electron chi connectivity index (χ0n) is 16.1. The second-order valence-electron chi connectivity index (χ2n) is 7.44. The molecule has 6 heteroatoms. The number of nitrogens with one attached hydrogen (secondary N) is 2. The topological polar surface area (TPSA) is 73.9 Å². The molecular weight excluding hydrogens is 350 g/mol. The predicted molar refractivity (Wildman–Crippen MR) is 109 cm³/mol. The van der Waals surface area contributed by atoms with Gasteiger partial charge in [-0.2, -0.15) is 5.10 Å². The molecule has 1 amide bonds. The Kier molecular flexibility index (Phi) is 5.48. The van der Waals surface area contributed by atoms with Crippen molar-refractivity contribution in [2.24, 2.45) is 0 Å². The third kappa shape index (κ3) is 4.46. The summed E-state index contributed by atoms with van der Waals surface area (Å²) < 4.78 is 0. The molecule has 1 aliphatic heterocycles. The van der Waals surface area contributed by atoms with Crippen molar-refractivity contribution >= 4 is 5.91 Å². The number of carbonyl (C=O) groups is 1. The molecule has 1 fully saturated rings. The Hall–Kier alpha value is -2.99. The molecule has 1 aromatic carbocycles. The van der Waals surface area contributed by atoms with Crippen LogP contribution < -0.4 is 5.32 Å². The van der Waals surface area contributed by atoms with Crippen molar-refractivity contribution in [2.75, 3.05) is 13.1 Å². The molecule has 144 valence electrons. The molecule has 0 radical (unpaired) electrons. The van der Waals surface area contributed by atoms with Crippen molar-refractivity contribution in [3.8, 4) is 11.3 Å². The van der Waals surface area contributed by atoms with E-state index in [1.165, 1.54) is 11.1 Å². The fourth-order valence-corrected chi connectivity index (χ4v) is 3.64. The van der Waals surface area contributed by atoms with Gasteiger partial charge in [-0.1, -0.05) is 35.9 Å². The average Bonchev–Trinajstić information content (AvgIpc) is 3.20.